The van der Waals surface area contributed by atoms with Crippen LogP contribution >= 0.6 is 0 Å². The molecular formula is C26H26N4O3. The van der Waals surface area contributed by atoms with Gasteiger partial charge in [-0.25, -0.2) is 4.98 Å². The third-order valence-electron chi connectivity index (χ3n) is 5.36. The van der Waals surface area contributed by atoms with Crippen molar-refractivity contribution in [1.82, 2.24) is 14.3 Å². The van der Waals surface area contributed by atoms with Gasteiger partial charge in [-0.1, -0.05) is 18.2 Å². The van der Waals surface area contributed by atoms with Crippen molar-refractivity contribution < 1.29 is 14.3 Å². The van der Waals surface area contributed by atoms with E-state index in [0.29, 0.717) is 35.7 Å². The number of rotatable bonds is 8. The standard InChI is InChI=1S/C26H26N4O3/c1-3-29(4-2)26(32)19-12-14-20(15-13-19)28-25(31)22-9-5-6-10-23(22)33-18-21-17-30-16-8-7-11-24(30)27-21/h5-17H,3-4,18H2,1-2H3,(H,28,31). The second kappa shape index (κ2) is 9.99. The maximum absolute atomic E-state index is 12.9. The lowest BCUT2D eigenvalue weighted by Gasteiger charge is -2.18. The minimum absolute atomic E-state index is 0.0245. The van der Waals surface area contributed by atoms with E-state index >= 15 is 0 Å². The average molecular weight is 443 g/mol. The zero-order valence-corrected chi connectivity index (χ0v) is 18.7. The summed E-state index contributed by atoms with van der Waals surface area (Å²) in [7, 11) is 0. The number of amides is 2. The van der Waals surface area contributed by atoms with Crippen LogP contribution in [0.1, 0.15) is 40.3 Å². The van der Waals surface area contributed by atoms with Crippen LogP contribution < -0.4 is 10.1 Å². The Hall–Kier alpha value is -4.13. The molecule has 1 N–H and O–H groups in total. The lowest BCUT2D eigenvalue weighted by Crippen LogP contribution is -2.30. The summed E-state index contributed by atoms with van der Waals surface area (Å²) in [6.45, 7) is 5.45. The fraction of sp³-hybridized carbons (Fsp3) is 0.192. The van der Waals surface area contributed by atoms with Gasteiger partial charge in [0.2, 0.25) is 0 Å². The molecule has 0 saturated heterocycles. The highest BCUT2D eigenvalue weighted by molar-refractivity contribution is 6.06. The number of hydrogen-bond donors (Lipinski definition) is 1. The second-order valence-corrected chi connectivity index (χ2v) is 7.49. The zero-order chi connectivity index (χ0) is 23.2. The van der Waals surface area contributed by atoms with Gasteiger partial charge in [-0.05, 0) is 62.4 Å². The molecule has 2 heterocycles. The van der Waals surface area contributed by atoms with E-state index in [0.717, 1.165) is 11.3 Å². The topological polar surface area (TPSA) is 75.9 Å². The second-order valence-electron chi connectivity index (χ2n) is 7.49. The molecule has 168 valence electrons. The summed E-state index contributed by atoms with van der Waals surface area (Å²) >= 11 is 0. The summed E-state index contributed by atoms with van der Waals surface area (Å²) in [5, 5.41) is 2.88. The number of carbonyl (C=O) groups is 2. The first kappa shape index (κ1) is 22.1. The van der Waals surface area contributed by atoms with E-state index in [1.54, 1.807) is 47.4 Å². The Morgan fingerprint density at radius 1 is 0.970 bits per heavy atom. The molecule has 33 heavy (non-hydrogen) atoms. The van der Waals surface area contributed by atoms with Crippen molar-refractivity contribution >= 4 is 23.1 Å². The van der Waals surface area contributed by atoms with Gasteiger partial charge in [0.05, 0.1) is 11.3 Å². The molecule has 0 radical (unpaired) electrons. The van der Waals surface area contributed by atoms with Crippen LogP contribution in [0.5, 0.6) is 5.75 Å². The molecule has 4 rings (SSSR count). The van der Waals surface area contributed by atoms with Crippen LogP contribution in [-0.2, 0) is 6.61 Å². The summed E-state index contributed by atoms with van der Waals surface area (Å²) in [4.78, 5) is 31.7. The number of fused-ring (bicyclic) bond motifs is 1. The lowest BCUT2D eigenvalue weighted by atomic mass is 10.1. The molecule has 0 spiro atoms. The van der Waals surface area contributed by atoms with Crippen molar-refractivity contribution in [3.8, 4) is 5.75 Å². The molecule has 7 heteroatoms. The maximum Gasteiger partial charge on any atom is 0.259 e. The van der Waals surface area contributed by atoms with Crippen molar-refractivity contribution in [2.75, 3.05) is 18.4 Å². The largest absolute Gasteiger partial charge is 0.486 e. The smallest absolute Gasteiger partial charge is 0.259 e. The molecular weight excluding hydrogens is 416 g/mol. The average Bonchev–Trinajstić information content (AvgIpc) is 3.27. The first-order valence-corrected chi connectivity index (χ1v) is 10.9. The Labute approximate surface area is 192 Å². The first-order chi connectivity index (χ1) is 16.1. The fourth-order valence-corrected chi connectivity index (χ4v) is 3.58. The van der Waals surface area contributed by atoms with Crippen molar-refractivity contribution in [3.63, 3.8) is 0 Å². The number of benzene rings is 2. The van der Waals surface area contributed by atoms with Gasteiger partial charge in [-0.3, -0.25) is 9.59 Å². The third-order valence-corrected chi connectivity index (χ3v) is 5.36. The Kier molecular flexibility index (Phi) is 6.69. The summed E-state index contributed by atoms with van der Waals surface area (Å²) < 4.78 is 7.85. The Morgan fingerprint density at radius 2 is 1.70 bits per heavy atom. The Balaban J connectivity index is 1.44. The Bertz CT molecular complexity index is 1230. The van der Waals surface area contributed by atoms with E-state index in [4.69, 9.17) is 4.74 Å². The molecule has 0 aliphatic carbocycles. The molecule has 2 aromatic carbocycles. The molecule has 0 fully saturated rings. The molecule has 4 aromatic rings. The summed E-state index contributed by atoms with van der Waals surface area (Å²) in [6, 6.07) is 19.8. The molecule has 0 atom stereocenters. The highest BCUT2D eigenvalue weighted by Crippen LogP contribution is 2.21. The van der Waals surface area contributed by atoms with Crippen molar-refractivity contribution in [2.24, 2.45) is 0 Å². The van der Waals surface area contributed by atoms with Gasteiger partial charge in [0.25, 0.3) is 11.8 Å². The SMILES string of the molecule is CCN(CC)C(=O)c1ccc(NC(=O)c2ccccc2OCc2cn3ccccc3n2)cc1. The monoisotopic (exact) mass is 442 g/mol. The van der Waals surface area contributed by atoms with Crippen LogP contribution in [0.15, 0.2) is 79.1 Å². The number of para-hydroxylation sites is 1. The minimum atomic E-state index is -0.288. The lowest BCUT2D eigenvalue weighted by molar-refractivity contribution is 0.0773. The maximum atomic E-state index is 12.9. The Morgan fingerprint density at radius 3 is 2.42 bits per heavy atom. The summed E-state index contributed by atoms with van der Waals surface area (Å²) in [6.07, 6.45) is 3.83. The van der Waals surface area contributed by atoms with Crippen molar-refractivity contribution in [1.29, 1.82) is 0 Å². The van der Waals surface area contributed by atoms with Gasteiger partial charge >= 0.3 is 0 Å². The number of nitrogens with one attached hydrogen (secondary N) is 1. The molecule has 0 bridgehead atoms. The predicted octanol–water partition coefficient (Wildman–Crippen LogP) is 4.65. The number of nitrogens with zero attached hydrogens (tertiary/aromatic N) is 3. The van der Waals surface area contributed by atoms with Crippen LogP contribution in [0.3, 0.4) is 0 Å². The van der Waals surface area contributed by atoms with Crippen LogP contribution in [0.4, 0.5) is 5.69 Å². The van der Waals surface area contributed by atoms with Gasteiger partial charge in [0, 0.05) is 36.7 Å². The summed E-state index contributed by atoms with van der Waals surface area (Å²) in [5.74, 6) is 0.160. The third kappa shape index (κ3) is 5.03. The van der Waals surface area contributed by atoms with Crippen molar-refractivity contribution in [2.45, 2.75) is 20.5 Å². The van der Waals surface area contributed by atoms with E-state index in [9.17, 15) is 9.59 Å². The van der Waals surface area contributed by atoms with Gasteiger partial charge in [0.15, 0.2) is 0 Å². The molecule has 2 aromatic heterocycles. The van der Waals surface area contributed by atoms with Gasteiger partial charge in [-0.2, -0.15) is 0 Å². The highest BCUT2D eigenvalue weighted by Gasteiger charge is 2.15. The van der Waals surface area contributed by atoms with E-state index < -0.39 is 0 Å². The normalized spacial score (nSPS) is 10.7. The van der Waals surface area contributed by atoms with Crippen LogP contribution in [0, 0.1) is 0 Å². The predicted molar refractivity (Wildman–Crippen MR) is 128 cm³/mol. The summed E-state index contributed by atoms with van der Waals surface area (Å²) in [5.41, 5.74) is 3.22. The molecule has 7 nitrogen and oxygen atoms in total. The number of anilines is 1. The van der Waals surface area contributed by atoms with Crippen LogP contribution in [-0.4, -0.2) is 39.2 Å². The number of pyridine rings is 1. The molecule has 0 unspecified atom stereocenters. The molecule has 0 aliphatic rings. The van der Waals surface area contributed by atoms with E-state index in [1.165, 1.54) is 0 Å². The number of aromatic nitrogens is 2. The number of carbonyl (C=O) groups excluding carboxylic acids is 2. The number of hydrogen-bond acceptors (Lipinski definition) is 4. The number of imidazole rings is 1. The van der Waals surface area contributed by atoms with E-state index in [-0.39, 0.29) is 18.4 Å². The van der Waals surface area contributed by atoms with E-state index in [1.807, 2.05) is 54.9 Å². The van der Waals surface area contributed by atoms with E-state index in [2.05, 4.69) is 10.3 Å². The van der Waals surface area contributed by atoms with Gasteiger partial charge in [0.1, 0.15) is 18.0 Å². The first-order valence-electron chi connectivity index (χ1n) is 10.9. The molecule has 0 saturated carbocycles. The van der Waals surface area contributed by atoms with Crippen LogP contribution in [0.2, 0.25) is 0 Å². The fourth-order valence-electron chi connectivity index (χ4n) is 3.58. The van der Waals surface area contributed by atoms with Gasteiger partial charge < -0.3 is 19.4 Å². The highest BCUT2D eigenvalue weighted by atomic mass is 16.5. The van der Waals surface area contributed by atoms with Gasteiger partial charge in [-0.15, -0.1) is 0 Å². The number of ether oxygens (including phenoxy) is 1. The zero-order valence-electron chi connectivity index (χ0n) is 18.7. The van der Waals surface area contributed by atoms with Crippen molar-refractivity contribution in [3.05, 3.63) is 95.9 Å². The molecule has 0 aliphatic heterocycles. The van der Waals surface area contributed by atoms with Crippen LogP contribution in [0.25, 0.3) is 5.65 Å². The minimum Gasteiger partial charge on any atom is -0.486 e. The quantitative estimate of drug-likeness (QED) is 0.431. The molecule has 2 amide bonds.